The van der Waals surface area contributed by atoms with Crippen LogP contribution in [0.15, 0.2) is 54.6 Å². The lowest BCUT2D eigenvalue weighted by Crippen LogP contribution is -2.09. The highest BCUT2D eigenvalue weighted by atomic mass is 127. The maximum absolute atomic E-state index is 8.93. The molecule has 0 saturated carbocycles. The molecule has 1 unspecified atom stereocenters. The minimum Gasteiger partial charge on any atom is -0.377 e. The van der Waals surface area contributed by atoms with Crippen LogP contribution in [0.25, 0.3) is 0 Å². The van der Waals surface area contributed by atoms with E-state index in [1.54, 1.807) is 0 Å². The summed E-state index contributed by atoms with van der Waals surface area (Å²) in [5.74, 6) is 0. The predicted molar refractivity (Wildman–Crippen MR) is 82.2 cm³/mol. The molecule has 0 fully saturated rings. The Morgan fingerprint density at radius 2 is 1.72 bits per heavy atom. The Morgan fingerprint density at radius 1 is 1.06 bits per heavy atom. The van der Waals surface area contributed by atoms with Crippen molar-refractivity contribution in [3.63, 3.8) is 0 Å². The molecule has 0 aliphatic carbocycles. The zero-order chi connectivity index (χ0) is 12.8. The van der Waals surface area contributed by atoms with Gasteiger partial charge in [-0.3, -0.25) is 0 Å². The number of benzene rings is 2. The van der Waals surface area contributed by atoms with Gasteiger partial charge in [-0.2, -0.15) is 5.26 Å². The Morgan fingerprint density at radius 3 is 2.33 bits per heavy atom. The number of rotatable bonds is 4. The molecule has 0 aliphatic heterocycles. The van der Waals surface area contributed by atoms with Crippen LogP contribution in [0, 0.1) is 14.9 Å². The minimum absolute atomic E-state index is 0.0382. The maximum atomic E-state index is 8.93. The molecule has 1 N–H and O–H groups in total. The van der Waals surface area contributed by atoms with Crippen molar-refractivity contribution >= 4 is 28.3 Å². The summed E-state index contributed by atoms with van der Waals surface area (Å²) in [6.07, 6.45) is 0.454. The smallest absolute Gasteiger partial charge is 0.0647 e. The Kier molecular flexibility index (Phi) is 4.59. The summed E-state index contributed by atoms with van der Waals surface area (Å²) < 4.78 is 1.20. The van der Waals surface area contributed by atoms with E-state index in [-0.39, 0.29) is 6.04 Å². The first-order chi connectivity index (χ1) is 8.79. The van der Waals surface area contributed by atoms with Gasteiger partial charge in [-0.1, -0.05) is 30.3 Å². The maximum Gasteiger partial charge on any atom is 0.0647 e. The lowest BCUT2D eigenvalue weighted by atomic mass is 10.0. The Bertz CT molecular complexity index is 529. The fourth-order valence-corrected chi connectivity index (χ4v) is 2.14. The number of hydrogen-bond acceptors (Lipinski definition) is 2. The van der Waals surface area contributed by atoms with E-state index in [0.717, 1.165) is 11.3 Å². The Labute approximate surface area is 121 Å². The van der Waals surface area contributed by atoms with Crippen molar-refractivity contribution in [2.45, 2.75) is 12.5 Å². The molecule has 0 amide bonds. The second-order valence-corrected chi connectivity index (χ2v) is 5.22. The van der Waals surface area contributed by atoms with E-state index in [2.05, 4.69) is 46.1 Å². The molecule has 3 heteroatoms. The summed E-state index contributed by atoms with van der Waals surface area (Å²) >= 11 is 2.28. The van der Waals surface area contributed by atoms with Crippen molar-refractivity contribution in [3.8, 4) is 6.07 Å². The molecule has 18 heavy (non-hydrogen) atoms. The third-order valence-electron chi connectivity index (χ3n) is 2.68. The number of nitriles is 1. The van der Waals surface area contributed by atoms with E-state index in [1.165, 1.54) is 3.57 Å². The van der Waals surface area contributed by atoms with Crippen molar-refractivity contribution in [2.24, 2.45) is 0 Å². The van der Waals surface area contributed by atoms with Gasteiger partial charge < -0.3 is 5.32 Å². The molecule has 90 valence electrons. The molecular weight excluding hydrogens is 335 g/mol. The van der Waals surface area contributed by atoms with Gasteiger partial charge in [0.05, 0.1) is 18.5 Å². The van der Waals surface area contributed by atoms with Crippen molar-refractivity contribution in [1.82, 2.24) is 0 Å². The van der Waals surface area contributed by atoms with Crippen LogP contribution in [0.3, 0.4) is 0 Å². The fourth-order valence-electron chi connectivity index (χ4n) is 1.78. The molecule has 2 aromatic rings. The fraction of sp³-hybridized carbons (Fsp3) is 0.133. The monoisotopic (exact) mass is 348 g/mol. The van der Waals surface area contributed by atoms with Crippen molar-refractivity contribution < 1.29 is 0 Å². The van der Waals surface area contributed by atoms with Gasteiger partial charge in [-0.15, -0.1) is 0 Å². The normalized spacial score (nSPS) is 11.6. The summed E-state index contributed by atoms with van der Waals surface area (Å²) in [6.45, 7) is 0. The van der Waals surface area contributed by atoms with Gasteiger partial charge >= 0.3 is 0 Å². The van der Waals surface area contributed by atoms with Crippen LogP contribution in [0.2, 0.25) is 0 Å². The quantitative estimate of drug-likeness (QED) is 0.834. The van der Waals surface area contributed by atoms with Gasteiger partial charge in [0.2, 0.25) is 0 Å². The van der Waals surface area contributed by atoms with Gasteiger partial charge in [0.25, 0.3) is 0 Å². The first kappa shape index (κ1) is 12.9. The molecule has 0 aromatic heterocycles. The molecule has 0 bridgehead atoms. The third kappa shape index (κ3) is 3.47. The third-order valence-corrected chi connectivity index (χ3v) is 3.40. The largest absolute Gasteiger partial charge is 0.377 e. The lowest BCUT2D eigenvalue weighted by molar-refractivity contribution is 0.806. The van der Waals surface area contributed by atoms with Gasteiger partial charge in [0, 0.05) is 9.26 Å². The number of halogens is 1. The number of nitrogens with zero attached hydrogens (tertiary/aromatic N) is 1. The Hall–Kier alpha value is -1.54. The van der Waals surface area contributed by atoms with Crippen LogP contribution >= 0.6 is 22.6 Å². The first-order valence-corrected chi connectivity index (χ1v) is 6.81. The van der Waals surface area contributed by atoms with Crippen LogP contribution in [0.1, 0.15) is 18.0 Å². The van der Waals surface area contributed by atoms with Gasteiger partial charge in [-0.05, 0) is 52.4 Å². The molecule has 0 aliphatic rings. The number of anilines is 1. The van der Waals surface area contributed by atoms with Crippen LogP contribution < -0.4 is 5.32 Å². The predicted octanol–water partition coefficient (Wildman–Crippen LogP) is 4.36. The van der Waals surface area contributed by atoms with E-state index in [4.69, 9.17) is 5.26 Å². The van der Waals surface area contributed by atoms with E-state index >= 15 is 0 Å². The van der Waals surface area contributed by atoms with Crippen LogP contribution in [0.4, 0.5) is 5.69 Å². The first-order valence-electron chi connectivity index (χ1n) is 5.73. The summed E-state index contributed by atoms with van der Waals surface area (Å²) in [5.41, 5.74) is 2.18. The van der Waals surface area contributed by atoms with Gasteiger partial charge in [0.1, 0.15) is 0 Å². The van der Waals surface area contributed by atoms with E-state index in [1.807, 2.05) is 42.5 Å². The summed E-state index contributed by atoms with van der Waals surface area (Å²) in [7, 11) is 0. The van der Waals surface area contributed by atoms with Crippen molar-refractivity contribution in [3.05, 3.63) is 63.7 Å². The molecule has 0 heterocycles. The van der Waals surface area contributed by atoms with E-state index in [9.17, 15) is 0 Å². The lowest BCUT2D eigenvalue weighted by Gasteiger charge is -2.17. The highest BCUT2D eigenvalue weighted by molar-refractivity contribution is 14.1. The van der Waals surface area contributed by atoms with Crippen molar-refractivity contribution in [1.29, 1.82) is 5.26 Å². The molecular formula is C15H13IN2. The number of nitrogens with one attached hydrogen (secondary N) is 1. The standard InChI is InChI=1S/C15H13IN2/c16-13-6-8-14(9-7-13)18-15(10-11-17)12-4-2-1-3-5-12/h1-9,15,18H,10H2. The molecule has 0 spiro atoms. The van der Waals surface area contributed by atoms with Crippen LogP contribution in [0.5, 0.6) is 0 Å². The Balaban J connectivity index is 2.17. The van der Waals surface area contributed by atoms with Gasteiger partial charge in [-0.25, -0.2) is 0 Å². The summed E-state index contributed by atoms with van der Waals surface area (Å²) in [6, 6.07) is 20.5. The highest BCUT2D eigenvalue weighted by Gasteiger charge is 2.10. The molecule has 2 rings (SSSR count). The van der Waals surface area contributed by atoms with Crippen LogP contribution in [-0.4, -0.2) is 0 Å². The second kappa shape index (κ2) is 6.41. The second-order valence-electron chi connectivity index (χ2n) is 3.98. The molecule has 1 atom stereocenters. The molecule has 2 aromatic carbocycles. The zero-order valence-corrected chi connectivity index (χ0v) is 12.0. The van der Waals surface area contributed by atoms with E-state index < -0.39 is 0 Å². The SMILES string of the molecule is N#CCC(Nc1ccc(I)cc1)c1ccccc1. The molecule has 2 nitrogen and oxygen atoms in total. The average Bonchev–Trinajstić information content (AvgIpc) is 2.42. The number of hydrogen-bond donors (Lipinski definition) is 1. The highest BCUT2D eigenvalue weighted by Crippen LogP contribution is 2.22. The summed E-state index contributed by atoms with van der Waals surface area (Å²) in [4.78, 5) is 0. The van der Waals surface area contributed by atoms with Crippen molar-refractivity contribution in [2.75, 3.05) is 5.32 Å². The topological polar surface area (TPSA) is 35.8 Å². The van der Waals surface area contributed by atoms with Gasteiger partial charge in [0.15, 0.2) is 0 Å². The minimum atomic E-state index is 0.0382. The van der Waals surface area contributed by atoms with Crippen LogP contribution in [-0.2, 0) is 0 Å². The van der Waals surface area contributed by atoms with E-state index in [0.29, 0.717) is 6.42 Å². The summed E-state index contributed by atoms with van der Waals surface area (Å²) in [5, 5.41) is 12.3. The molecule has 0 radical (unpaired) electrons. The molecule has 0 saturated heterocycles. The zero-order valence-electron chi connectivity index (χ0n) is 9.81. The average molecular weight is 348 g/mol.